The fraction of sp³-hybridized carbons (Fsp3) is 0.583. The van der Waals surface area contributed by atoms with Gasteiger partial charge in [-0.2, -0.15) is 0 Å². The van der Waals surface area contributed by atoms with Crippen molar-refractivity contribution in [2.75, 3.05) is 25.0 Å². The van der Waals surface area contributed by atoms with Gasteiger partial charge in [0.2, 0.25) is 0 Å². The fourth-order valence-electron chi connectivity index (χ4n) is 2.37. The molecule has 1 aromatic heterocycles. The first-order chi connectivity index (χ1) is 7.83. The minimum atomic E-state index is 0.554. The van der Waals surface area contributed by atoms with Crippen LogP contribution in [0.4, 0.5) is 5.69 Å². The molecule has 0 saturated carbocycles. The highest BCUT2D eigenvalue weighted by Crippen LogP contribution is 2.29. The topological polar surface area (TPSA) is 28.2 Å². The Morgan fingerprint density at radius 3 is 3.19 bits per heavy atom. The van der Waals surface area contributed by atoms with Crippen LogP contribution in [0.15, 0.2) is 18.5 Å². The first-order valence-corrected chi connectivity index (χ1v) is 6.21. The molecule has 0 spiro atoms. The molecule has 0 aromatic carbocycles. The number of nitrogens with one attached hydrogen (secondary N) is 1. The minimum absolute atomic E-state index is 0.554. The Balaban J connectivity index is 2.19. The second-order valence-corrected chi connectivity index (χ2v) is 4.63. The van der Waals surface area contributed by atoms with Crippen molar-refractivity contribution in [2.24, 2.45) is 0 Å². The molecule has 1 atom stereocenters. The molecule has 1 fully saturated rings. The van der Waals surface area contributed by atoms with Crippen molar-refractivity contribution in [1.29, 1.82) is 0 Å². The van der Waals surface area contributed by atoms with E-state index in [0.717, 1.165) is 23.8 Å². The summed E-state index contributed by atoms with van der Waals surface area (Å²) in [6.45, 7) is 2.11. The number of hydrogen-bond donors (Lipinski definition) is 1. The first kappa shape index (κ1) is 11.7. The van der Waals surface area contributed by atoms with Crippen molar-refractivity contribution in [3.05, 3.63) is 23.5 Å². The lowest BCUT2D eigenvalue weighted by Gasteiger charge is -2.37. The van der Waals surface area contributed by atoms with Crippen LogP contribution in [0.25, 0.3) is 0 Å². The predicted octanol–water partition coefficient (Wildman–Crippen LogP) is 2.31. The van der Waals surface area contributed by atoms with Crippen molar-refractivity contribution in [2.45, 2.75) is 25.3 Å². The molecular weight excluding hydrogens is 222 g/mol. The lowest BCUT2D eigenvalue weighted by molar-refractivity contribution is 0.446. The summed E-state index contributed by atoms with van der Waals surface area (Å²) in [5, 5.41) is 4.01. The van der Waals surface area contributed by atoms with Crippen molar-refractivity contribution in [3.8, 4) is 0 Å². The van der Waals surface area contributed by atoms with Crippen molar-refractivity contribution in [3.63, 3.8) is 0 Å². The molecule has 1 unspecified atom stereocenters. The summed E-state index contributed by atoms with van der Waals surface area (Å²) >= 11 is 6.20. The van der Waals surface area contributed by atoms with Crippen molar-refractivity contribution < 1.29 is 0 Å². The third-order valence-corrected chi connectivity index (χ3v) is 3.42. The lowest BCUT2D eigenvalue weighted by Crippen LogP contribution is -2.45. The van der Waals surface area contributed by atoms with Crippen LogP contribution < -0.4 is 10.2 Å². The van der Waals surface area contributed by atoms with E-state index in [1.807, 2.05) is 19.3 Å². The summed E-state index contributed by atoms with van der Waals surface area (Å²) in [7, 11) is 2.00. The van der Waals surface area contributed by atoms with E-state index < -0.39 is 0 Å². The van der Waals surface area contributed by atoms with Gasteiger partial charge >= 0.3 is 0 Å². The molecule has 88 valence electrons. The second kappa shape index (κ2) is 5.51. The van der Waals surface area contributed by atoms with Crippen LogP contribution in [0.1, 0.15) is 19.3 Å². The van der Waals surface area contributed by atoms with Crippen LogP contribution >= 0.6 is 11.6 Å². The van der Waals surface area contributed by atoms with Crippen LogP contribution in [-0.4, -0.2) is 31.2 Å². The third-order valence-electron chi connectivity index (χ3n) is 3.13. The minimum Gasteiger partial charge on any atom is -0.366 e. The van der Waals surface area contributed by atoms with Crippen LogP contribution in [0, 0.1) is 0 Å². The van der Waals surface area contributed by atoms with E-state index in [0.29, 0.717) is 6.04 Å². The molecule has 2 rings (SSSR count). The summed E-state index contributed by atoms with van der Waals surface area (Å²) in [6, 6.07) is 2.56. The normalized spacial score (nSPS) is 21.1. The van der Waals surface area contributed by atoms with Gasteiger partial charge in [-0.3, -0.25) is 4.98 Å². The van der Waals surface area contributed by atoms with Crippen LogP contribution in [-0.2, 0) is 0 Å². The molecular formula is C12H18ClN3. The standard InChI is InChI=1S/C12H18ClN3/c1-14-8-10-4-2-3-7-16(10)12-5-6-15-9-11(12)13/h5-6,9-10,14H,2-4,7-8H2,1H3. The maximum absolute atomic E-state index is 6.20. The number of halogens is 1. The Labute approximate surface area is 102 Å². The average Bonchev–Trinajstić information content (AvgIpc) is 2.31. The van der Waals surface area contributed by atoms with Gasteiger partial charge in [0.15, 0.2) is 0 Å². The second-order valence-electron chi connectivity index (χ2n) is 4.23. The number of rotatable bonds is 3. The number of anilines is 1. The van der Waals surface area contributed by atoms with Gasteiger partial charge in [0, 0.05) is 31.5 Å². The Morgan fingerprint density at radius 1 is 1.56 bits per heavy atom. The summed E-state index contributed by atoms with van der Waals surface area (Å²) in [5.74, 6) is 0. The van der Waals surface area contributed by atoms with Gasteiger partial charge in [-0.05, 0) is 32.4 Å². The summed E-state index contributed by atoms with van der Waals surface area (Å²) in [6.07, 6.45) is 7.33. The number of likely N-dealkylation sites (N-methyl/N-ethyl adjacent to an activating group) is 1. The van der Waals surface area contributed by atoms with Crippen molar-refractivity contribution >= 4 is 17.3 Å². The average molecular weight is 240 g/mol. The van der Waals surface area contributed by atoms with Crippen LogP contribution in [0.5, 0.6) is 0 Å². The van der Waals surface area contributed by atoms with E-state index in [2.05, 4.69) is 15.2 Å². The number of aromatic nitrogens is 1. The SMILES string of the molecule is CNCC1CCCCN1c1ccncc1Cl. The Kier molecular flexibility index (Phi) is 4.02. The number of pyridine rings is 1. The van der Waals surface area contributed by atoms with Crippen molar-refractivity contribution in [1.82, 2.24) is 10.3 Å². The summed E-state index contributed by atoms with van der Waals surface area (Å²) in [5.41, 5.74) is 1.12. The highest BCUT2D eigenvalue weighted by Gasteiger charge is 2.23. The van der Waals surface area contributed by atoms with Gasteiger partial charge in [0.1, 0.15) is 0 Å². The van der Waals surface area contributed by atoms with E-state index in [4.69, 9.17) is 11.6 Å². The number of piperidine rings is 1. The maximum atomic E-state index is 6.20. The van der Waals surface area contributed by atoms with Gasteiger partial charge in [0.25, 0.3) is 0 Å². The summed E-state index contributed by atoms with van der Waals surface area (Å²) in [4.78, 5) is 6.44. The summed E-state index contributed by atoms with van der Waals surface area (Å²) < 4.78 is 0. The highest BCUT2D eigenvalue weighted by atomic mass is 35.5. The zero-order chi connectivity index (χ0) is 11.4. The molecule has 1 N–H and O–H groups in total. The maximum Gasteiger partial charge on any atom is 0.0822 e. The van der Waals surface area contributed by atoms with E-state index in [1.54, 1.807) is 6.20 Å². The van der Waals surface area contributed by atoms with E-state index in [-0.39, 0.29) is 0 Å². The van der Waals surface area contributed by atoms with Gasteiger partial charge in [-0.1, -0.05) is 11.6 Å². The molecule has 0 radical (unpaired) electrons. The monoisotopic (exact) mass is 239 g/mol. The zero-order valence-corrected chi connectivity index (χ0v) is 10.4. The fourth-order valence-corrected chi connectivity index (χ4v) is 2.59. The Morgan fingerprint density at radius 2 is 2.44 bits per heavy atom. The highest BCUT2D eigenvalue weighted by molar-refractivity contribution is 6.33. The molecule has 1 aliphatic rings. The molecule has 0 amide bonds. The smallest absolute Gasteiger partial charge is 0.0822 e. The molecule has 2 heterocycles. The van der Waals surface area contributed by atoms with E-state index in [1.165, 1.54) is 19.3 Å². The third kappa shape index (κ3) is 2.47. The van der Waals surface area contributed by atoms with E-state index in [9.17, 15) is 0 Å². The van der Waals surface area contributed by atoms with Gasteiger partial charge in [0.05, 0.1) is 10.7 Å². The lowest BCUT2D eigenvalue weighted by atomic mass is 10.0. The quantitative estimate of drug-likeness (QED) is 0.878. The molecule has 0 aliphatic carbocycles. The molecule has 16 heavy (non-hydrogen) atoms. The largest absolute Gasteiger partial charge is 0.366 e. The first-order valence-electron chi connectivity index (χ1n) is 5.83. The van der Waals surface area contributed by atoms with Gasteiger partial charge < -0.3 is 10.2 Å². The molecule has 4 heteroatoms. The Hall–Kier alpha value is -0.800. The zero-order valence-electron chi connectivity index (χ0n) is 9.62. The number of hydrogen-bond acceptors (Lipinski definition) is 3. The number of nitrogens with zero attached hydrogens (tertiary/aromatic N) is 2. The van der Waals surface area contributed by atoms with Gasteiger partial charge in [-0.15, -0.1) is 0 Å². The molecule has 0 bridgehead atoms. The predicted molar refractivity (Wildman–Crippen MR) is 68.2 cm³/mol. The molecule has 1 saturated heterocycles. The van der Waals surface area contributed by atoms with Crippen LogP contribution in [0.3, 0.4) is 0 Å². The van der Waals surface area contributed by atoms with Gasteiger partial charge in [-0.25, -0.2) is 0 Å². The van der Waals surface area contributed by atoms with E-state index >= 15 is 0 Å². The molecule has 3 nitrogen and oxygen atoms in total. The molecule has 1 aliphatic heterocycles. The van der Waals surface area contributed by atoms with Crippen LogP contribution in [0.2, 0.25) is 5.02 Å². The molecule has 1 aromatic rings. The Bertz CT molecular complexity index is 341.